The summed E-state index contributed by atoms with van der Waals surface area (Å²) in [5.41, 5.74) is -0.0806. The molecule has 3 fully saturated rings. The Bertz CT molecular complexity index is 880. The molecule has 0 amide bonds. The van der Waals surface area contributed by atoms with Crippen molar-refractivity contribution in [1.82, 2.24) is 9.78 Å². The summed E-state index contributed by atoms with van der Waals surface area (Å²) in [4.78, 5) is 24.6. The molecule has 0 aromatic carbocycles. The summed E-state index contributed by atoms with van der Waals surface area (Å²) in [7, 11) is 0. The molecular formula is C27H42N2O4. The van der Waals surface area contributed by atoms with E-state index >= 15 is 0 Å². The van der Waals surface area contributed by atoms with Gasteiger partial charge in [-0.1, -0.05) is 33.6 Å². The van der Waals surface area contributed by atoms with E-state index in [0.29, 0.717) is 17.8 Å². The fourth-order valence-corrected chi connectivity index (χ4v) is 7.98. The third-order valence-electron chi connectivity index (χ3n) is 10.0. The largest absolute Gasteiger partial charge is 0.478 e. The first-order valence-electron chi connectivity index (χ1n) is 13.0. The predicted molar refractivity (Wildman–Crippen MR) is 127 cm³/mol. The quantitative estimate of drug-likeness (QED) is 0.575. The molecule has 0 unspecified atom stereocenters. The van der Waals surface area contributed by atoms with Gasteiger partial charge in [0.15, 0.2) is 5.78 Å². The number of Topliss-reactive ketones (excluding diaryl/α,β-unsaturated/α-hetero) is 1. The minimum atomic E-state index is -1.01. The van der Waals surface area contributed by atoms with Crippen molar-refractivity contribution < 1.29 is 19.8 Å². The lowest BCUT2D eigenvalue weighted by atomic mass is 9.49. The minimum absolute atomic E-state index is 0.0206. The Hall–Kier alpha value is -1.69. The predicted octanol–water partition coefficient (Wildman–Crippen LogP) is 5.34. The molecule has 33 heavy (non-hydrogen) atoms. The van der Waals surface area contributed by atoms with Crippen molar-refractivity contribution in [2.75, 3.05) is 0 Å². The highest BCUT2D eigenvalue weighted by molar-refractivity contribution is 5.87. The molecular weight excluding hydrogens is 416 g/mol. The number of fused-ring (bicyclic) bond motifs is 1. The van der Waals surface area contributed by atoms with E-state index in [9.17, 15) is 14.7 Å². The maximum atomic E-state index is 13.4. The number of carboxylic acids is 1. The van der Waals surface area contributed by atoms with Gasteiger partial charge in [-0.2, -0.15) is 5.10 Å². The number of aromatic carboxylic acids is 1. The highest BCUT2D eigenvalue weighted by atomic mass is 16.4. The number of carbonyl (C=O) groups excluding carboxylic acids is 1. The van der Waals surface area contributed by atoms with Crippen molar-refractivity contribution in [3.8, 4) is 0 Å². The lowest BCUT2D eigenvalue weighted by molar-refractivity contribution is -0.131. The van der Waals surface area contributed by atoms with Crippen LogP contribution in [-0.2, 0) is 11.3 Å². The van der Waals surface area contributed by atoms with Crippen LogP contribution in [0.15, 0.2) is 12.4 Å². The van der Waals surface area contributed by atoms with Gasteiger partial charge < -0.3 is 10.2 Å². The molecule has 4 rings (SSSR count). The second-order valence-corrected chi connectivity index (χ2v) is 12.2. The highest BCUT2D eigenvalue weighted by Gasteiger charge is 2.58. The highest BCUT2D eigenvalue weighted by Crippen LogP contribution is 2.64. The van der Waals surface area contributed by atoms with E-state index in [1.807, 2.05) is 6.92 Å². The van der Waals surface area contributed by atoms with Gasteiger partial charge in [-0.25, -0.2) is 4.79 Å². The van der Waals surface area contributed by atoms with Crippen molar-refractivity contribution >= 4 is 11.8 Å². The van der Waals surface area contributed by atoms with Crippen LogP contribution in [0.5, 0.6) is 0 Å². The van der Waals surface area contributed by atoms with Gasteiger partial charge in [0.2, 0.25) is 0 Å². The van der Waals surface area contributed by atoms with E-state index in [-0.39, 0.29) is 34.6 Å². The average Bonchev–Trinajstić information content (AvgIpc) is 3.35. The van der Waals surface area contributed by atoms with Gasteiger partial charge in [0, 0.05) is 12.1 Å². The summed E-state index contributed by atoms with van der Waals surface area (Å²) >= 11 is 0. The summed E-state index contributed by atoms with van der Waals surface area (Å²) < 4.78 is 1.49. The SMILES string of the molecule is CCC[C@@H]1[C@@H](C2(C)CCC(C)(O)CC2)CC[C@]2(C)[C@@H](C(=O)Cn3cc(C(=O)O)cn3)CC[C@@H]12. The lowest BCUT2D eigenvalue weighted by Crippen LogP contribution is -2.50. The third-order valence-corrected chi connectivity index (χ3v) is 10.0. The van der Waals surface area contributed by atoms with Gasteiger partial charge in [0.25, 0.3) is 0 Å². The molecule has 184 valence electrons. The Balaban J connectivity index is 1.51. The monoisotopic (exact) mass is 458 g/mol. The molecule has 3 aliphatic rings. The molecule has 6 heteroatoms. The number of carbonyl (C=O) groups is 2. The molecule has 0 spiro atoms. The Morgan fingerprint density at radius 1 is 1.06 bits per heavy atom. The van der Waals surface area contributed by atoms with Gasteiger partial charge in [0.05, 0.1) is 23.9 Å². The molecule has 6 nitrogen and oxygen atoms in total. The molecule has 3 saturated carbocycles. The first-order chi connectivity index (χ1) is 15.5. The maximum absolute atomic E-state index is 13.4. The van der Waals surface area contributed by atoms with E-state index in [0.717, 1.165) is 44.9 Å². The molecule has 0 aliphatic heterocycles. The number of rotatable bonds is 7. The second-order valence-electron chi connectivity index (χ2n) is 12.2. The van der Waals surface area contributed by atoms with E-state index in [1.54, 1.807) is 0 Å². The molecule has 3 aliphatic carbocycles. The van der Waals surface area contributed by atoms with E-state index in [2.05, 4.69) is 25.9 Å². The Morgan fingerprint density at radius 3 is 2.36 bits per heavy atom. The normalized spacial score (nSPS) is 41.0. The van der Waals surface area contributed by atoms with Gasteiger partial charge in [-0.15, -0.1) is 0 Å². The lowest BCUT2D eigenvalue weighted by Gasteiger charge is -2.56. The maximum Gasteiger partial charge on any atom is 0.338 e. The summed E-state index contributed by atoms with van der Waals surface area (Å²) in [5, 5.41) is 23.8. The number of hydrogen-bond acceptors (Lipinski definition) is 4. The zero-order valence-electron chi connectivity index (χ0n) is 20.8. The van der Waals surface area contributed by atoms with E-state index in [1.165, 1.54) is 36.3 Å². The van der Waals surface area contributed by atoms with Crippen LogP contribution < -0.4 is 0 Å². The van der Waals surface area contributed by atoms with Gasteiger partial charge in [0.1, 0.15) is 0 Å². The minimum Gasteiger partial charge on any atom is -0.478 e. The van der Waals surface area contributed by atoms with Crippen molar-refractivity contribution in [2.24, 2.45) is 34.5 Å². The summed E-state index contributed by atoms with van der Waals surface area (Å²) in [6, 6.07) is 0. The molecule has 1 heterocycles. The standard InChI is InChI=1S/C27H42N2O4/c1-5-6-19-20(25(2)11-13-26(3,33)14-12-25)9-10-27(4)21(19)7-8-22(27)23(30)17-29-16-18(15-28-29)24(31)32/h15-16,19-22,33H,5-14,17H2,1-4H3,(H,31,32)/t19-,20+,21+,22-,25?,26?,27+/m1/s1. The summed E-state index contributed by atoms with van der Waals surface area (Å²) in [5.74, 6) is 1.10. The number of nitrogens with zero attached hydrogens (tertiary/aromatic N) is 2. The first-order valence-corrected chi connectivity index (χ1v) is 13.0. The molecule has 0 bridgehead atoms. The zero-order valence-corrected chi connectivity index (χ0v) is 20.8. The van der Waals surface area contributed by atoms with Crippen LogP contribution in [0, 0.1) is 34.5 Å². The fourth-order valence-electron chi connectivity index (χ4n) is 7.98. The van der Waals surface area contributed by atoms with Crippen LogP contribution in [0.2, 0.25) is 0 Å². The van der Waals surface area contributed by atoms with Crippen LogP contribution in [0.4, 0.5) is 0 Å². The number of aromatic nitrogens is 2. The Kier molecular flexibility index (Phi) is 6.54. The van der Waals surface area contributed by atoms with Crippen LogP contribution >= 0.6 is 0 Å². The second kappa shape index (κ2) is 8.83. The molecule has 0 saturated heterocycles. The molecule has 1 aromatic rings. The smallest absolute Gasteiger partial charge is 0.338 e. The van der Waals surface area contributed by atoms with Crippen molar-refractivity contribution in [3.05, 3.63) is 18.0 Å². The molecule has 1 aromatic heterocycles. The van der Waals surface area contributed by atoms with Crippen LogP contribution in [0.1, 0.15) is 102 Å². The number of ketones is 1. The summed E-state index contributed by atoms with van der Waals surface area (Å²) in [6.45, 7) is 9.25. The number of aliphatic hydroxyl groups is 1. The molecule has 5 atom stereocenters. The number of carboxylic acid groups (broad SMARTS) is 1. The third kappa shape index (κ3) is 4.52. The summed E-state index contributed by atoms with van der Waals surface area (Å²) in [6.07, 6.45) is 13.5. The van der Waals surface area contributed by atoms with Crippen LogP contribution in [0.3, 0.4) is 0 Å². The fraction of sp³-hybridized carbons (Fsp3) is 0.815. The van der Waals surface area contributed by atoms with Gasteiger partial charge >= 0.3 is 5.97 Å². The Morgan fingerprint density at radius 2 is 1.76 bits per heavy atom. The van der Waals surface area contributed by atoms with Crippen molar-refractivity contribution in [1.29, 1.82) is 0 Å². The zero-order chi connectivity index (χ0) is 24.0. The first kappa shape index (κ1) is 24.4. The van der Waals surface area contributed by atoms with Gasteiger partial charge in [-0.3, -0.25) is 9.48 Å². The van der Waals surface area contributed by atoms with Crippen LogP contribution in [-0.4, -0.2) is 37.3 Å². The van der Waals surface area contributed by atoms with Crippen molar-refractivity contribution in [3.63, 3.8) is 0 Å². The van der Waals surface area contributed by atoms with E-state index < -0.39 is 11.6 Å². The van der Waals surface area contributed by atoms with Crippen LogP contribution in [0.25, 0.3) is 0 Å². The van der Waals surface area contributed by atoms with Crippen molar-refractivity contribution in [2.45, 2.75) is 104 Å². The van der Waals surface area contributed by atoms with Gasteiger partial charge in [-0.05, 0) is 86.9 Å². The average molecular weight is 459 g/mol. The molecule has 0 radical (unpaired) electrons. The Labute approximate surface area is 198 Å². The van der Waals surface area contributed by atoms with E-state index in [4.69, 9.17) is 5.11 Å². The topological polar surface area (TPSA) is 92.4 Å². The molecule has 2 N–H and O–H groups in total. The number of hydrogen-bond donors (Lipinski definition) is 2.